The van der Waals surface area contributed by atoms with Crippen molar-refractivity contribution in [1.29, 1.82) is 0 Å². The van der Waals surface area contributed by atoms with E-state index < -0.39 is 0 Å². The zero-order chi connectivity index (χ0) is 11.9. The van der Waals surface area contributed by atoms with Gasteiger partial charge in [0, 0.05) is 0 Å². The van der Waals surface area contributed by atoms with Crippen molar-refractivity contribution in [2.75, 3.05) is 0 Å². The molecule has 0 heteroatoms. The van der Waals surface area contributed by atoms with E-state index in [2.05, 4.69) is 67.6 Å². The fourth-order valence-electron chi connectivity index (χ4n) is 1.93. The van der Waals surface area contributed by atoms with Gasteiger partial charge in [0.15, 0.2) is 0 Å². The highest BCUT2D eigenvalue weighted by Gasteiger charge is 2.01. The molecule has 2 aromatic rings. The van der Waals surface area contributed by atoms with E-state index in [1.54, 1.807) is 0 Å². The van der Waals surface area contributed by atoms with Gasteiger partial charge in [-0.15, -0.1) is 0 Å². The Hall–Kier alpha value is -1.82. The molecule has 0 nitrogen and oxygen atoms in total. The van der Waals surface area contributed by atoms with Crippen LogP contribution in [0.5, 0.6) is 0 Å². The van der Waals surface area contributed by atoms with Crippen LogP contribution < -0.4 is 0 Å². The molecule has 0 N–H and O–H groups in total. The zero-order valence-corrected chi connectivity index (χ0v) is 9.97. The monoisotopic (exact) mass is 221 g/mol. The highest BCUT2D eigenvalue weighted by atomic mass is 14.1. The lowest BCUT2D eigenvalue weighted by molar-refractivity contribution is 1.25. The molecular weight excluding hydrogens is 204 g/mol. The smallest absolute Gasteiger partial charge is 0.00230 e. The fourth-order valence-corrected chi connectivity index (χ4v) is 1.93. The van der Waals surface area contributed by atoms with Crippen LogP contribution >= 0.6 is 0 Å². The van der Waals surface area contributed by atoms with Crippen molar-refractivity contribution in [2.45, 2.75) is 12.8 Å². The van der Waals surface area contributed by atoms with Gasteiger partial charge in [0.1, 0.15) is 0 Å². The van der Waals surface area contributed by atoms with Gasteiger partial charge < -0.3 is 0 Å². The Morgan fingerprint density at radius 1 is 0.882 bits per heavy atom. The van der Waals surface area contributed by atoms with E-state index in [0.717, 1.165) is 12.8 Å². The van der Waals surface area contributed by atoms with Crippen molar-refractivity contribution in [3.63, 3.8) is 0 Å². The van der Waals surface area contributed by atoms with Gasteiger partial charge in [-0.3, -0.25) is 0 Å². The molecule has 0 heterocycles. The average Bonchev–Trinajstić information content (AvgIpc) is 2.40. The molecule has 2 rings (SSSR count). The standard InChI is InChI=1S/C17H17/c1-2-9-17(16-12-7-4-8-13-16)14-15-10-5-3-6-11-15/h3-13H,1-2,14H2/b17-9-. The number of hydrogen-bond acceptors (Lipinski definition) is 0. The molecule has 0 saturated carbocycles. The first-order valence-corrected chi connectivity index (χ1v) is 5.98. The zero-order valence-electron chi connectivity index (χ0n) is 9.97. The molecule has 0 fully saturated rings. The molecule has 85 valence electrons. The molecule has 1 radical (unpaired) electrons. The molecule has 2 aromatic carbocycles. The first-order chi connectivity index (χ1) is 8.40. The third-order valence-corrected chi connectivity index (χ3v) is 2.77. The summed E-state index contributed by atoms with van der Waals surface area (Å²) in [4.78, 5) is 0. The van der Waals surface area contributed by atoms with Crippen LogP contribution in [0.25, 0.3) is 5.57 Å². The first-order valence-electron chi connectivity index (χ1n) is 5.98. The summed E-state index contributed by atoms with van der Waals surface area (Å²) in [6.45, 7) is 3.92. The van der Waals surface area contributed by atoms with Gasteiger partial charge in [-0.25, -0.2) is 0 Å². The molecule has 0 aliphatic rings. The Bertz CT molecular complexity index is 466. The summed E-state index contributed by atoms with van der Waals surface area (Å²) >= 11 is 0. The lowest BCUT2D eigenvalue weighted by Gasteiger charge is -2.08. The van der Waals surface area contributed by atoms with E-state index in [4.69, 9.17) is 0 Å². The largest absolute Gasteiger partial charge is 0.0804 e. The fraction of sp³-hybridized carbons (Fsp3) is 0.118. The molecule has 0 atom stereocenters. The molecule has 0 aromatic heterocycles. The SMILES string of the molecule is [CH2]C/C=C(/Cc1ccccc1)c1ccccc1. The third kappa shape index (κ3) is 3.32. The summed E-state index contributed by atoms with van der Waals surface area (Å²) in [5.41, 5.74) is 3.99. The second-order valence-electron chi connectivity index (χ2n) is 4.05. The van der Waals surface area contributed by atoms with Gasteiger partial charge in [0.05, 0.1) is 0 Å². The van der Waals surface area contributed by atoms with Gasteiger partial charge >= 0.3 is 0 Å². The van der Waals surface area contributed by atoms with E-state index >= 15 is 0 Å². The lowest BCUT2D eigenvalue weighted by atomic mass is 9.97. The second-order valence-corrected chi connectivity index (χ2v) is 4.05. The van der Waals surface area contributed by atoms with Crippen LogP contribution in [0.15, 0.2) is 66.7 Å². The quantitative estimate of drug-likeness (QED) is 0.711. The van der Waals surface area contributed by atoms with E-state index in [-0.39, 0.29) is 0 Å². The van der Waals surface area contributed by atoms with Crippen LogP contribution in [-0.2, 0) is 6.42 Å². The van der Waals surface area contributed by atoms with Crippen LogP contribution in [0.2, 0.25) is 0 Å². The van der Waals surface area contributed by atoms with E-state index in [9.17, 15) is 0 Å². The van der Waals surface area contributed by atoms with Crippen molar-refractivity contribution in [2.24, 2.45) is 0 Å². The molecular formula is C17H17. The van der Waals surface area contributed by atoms with E-state index in [0.29, 0.717) is 0 Å². The summed E-state index contributed by atoms with van der Waals surface area (Å²) in [6.07, 6.45) is 4.01. The maximum absolute atomic E-state index is 3.92. The van der Waals surface area contributed by atoms with Crippen molar-refractivity contribution >= 4 is 5.57 Å². The molecule has 0 bridgehead atoms. The van der Waals surface area contributed by atoms with Crippen LogP contribution in [0.3, 0.4) is 0 Å². The highest BCUT2D eigenvalue weighted by molar-refractivity contribution is 5.67. The van der Waals surface area contributed by atoms with E-state index in [1.165, 1.54) is 16.7 Å². The highest BCUT2D eigenvalue weighted by Crippen LogP contribution is 2.19. The van der Waals surface area contributed by atoms with Gasteiger partial charge in [0.25, 0.3) is 0 Å². The molecule has 0 spiro atoms. The van der Waals surface area contributed by atoms with Crippen LogP contribution in [-0.4, -0.2) is 0 Å². The van der Waals surface area contributed by atoms with Crippen LogP contribution in [0.4, 0.5) is 0 Å². The maximum atomic E-state index is 3.92. The average molecular weight is 221 g/mol. The Balaban J connectivity index is 2.23. The first kappa shape index (κ1) is 11.7. The minimum absolute atomic E-state index is 0.830. The van der Waals surface area contributed by atoms with Gasteiger partial charge in [-0.1, -0.05) is 66.7 Å². The Morgan fingerprint density at radius 2 is 1.47 bits per heavy atom. The van der Waals surface area contributed by atoms with Crippen LogP contribution in [0.1, 0.15) is 17.5 Å². The molecule has 0 saturated heterocycles. The van der Waals surface area contributed by atoms with Crippen LogP contribution in [0, 0.1) is 6.92 Å². The van der Waals surface area contributed by atoms with E-state index in [1.807, 2.05) is 6.07 Å². The summed E-state index contributed by atoms with van der Waals surface area (Å²) in [6, 6.07) is 21.1. The topological polar surface area (TPSA) is 0 Å². The molecule has 0 unspecified atom stereocenters. The Morgan fingerprint density at radius 3 is 2.06 bits per heavy atom. The van der Waals surface area contributed by atoms with Gasteiger partial charge in [-0.2, -0.15) is 0 Å². The number of allylic oxidation sites excluding steroid dienone is 2. The van der Waals surface area contributed by atoms with Crippen molar-refractivity contribution in [1.82, 2.24) is 0 Å². The number of hydrogen-bond donors (Lipinski definition) is 0. The normalized spacial score (nSPS) is 11.5. The van der Waals surface area contributed by atoms with Crippen molar-refractivity contribution in [3.05, 3.63) is 84.8 Å². The minimum atomic E-state index is 0.830. The predicted molar refractivity (Wildman–Crippen MR) is 74.5 cm³/mol. The molecule has 0 aliphatic heterocycles. The summed E-state index contributed by atoms with van der Waals surface area (Å²) in [5, 5.41) is 0. The Kier molecular flexibility index (Phi) is 4.15. The molecule has 17 heavy (non-hydrogen) atoms. The summed E-state index contributed by atoms with van der Waals surface area (Å²) in [7, 11) is 0. The number of rotatable bonds is 4. The summed E-state index contributed by atoms with van der Waals surface area (Å²) in [5.74, 6) is 0. The number of benzene rings is 2. The lowest BCUT2D eigenvalue weighted by Crippen LogP contribution is -1.90. The maximum Gasteiger partial charge on any atom is -0.00230 e. The Labute approximate surface area is 104 Å². The predicted octanol–water partition coefficient (Wildman–Crippen LogP) is 4.54. The summed E-state index contributed by atoms with van der Waals surface area (Å²) < 4.78 is 0. The van der Waals surface area contributed by atoms with Gasteiger partial charge in [-0.05, 0) is 36.5 Å². The molecule has 0 aliphatic carbocycles. The van der Waals surface area contributed by atoms with Gasteiger partial charge in [0.2, 0.25) is 0 Å². The van der Waals surface area contributed by atoms with Crippen molar-refractivity contribution < 1.29 is 0 Å². The minimum Gasteiger partial charge on any atom is -0.0804 e. The molecule has 0 amide bonds. The van der Waals surface area contributed by atoms with Crippen molar-refractivity contribution in [3.8, 4) is 0 Å². The second kappa shape index (κ2) is 6.05. The third-order valence-electron chi connectivity index (χ3n) is 2.77.